The van der Waals surface area contributed by atoms with Gasteiger partial charge in [0.25, 0.3) is 0 Å². The Morgan fingerprint density at radius 1 is 1.06 bits per heavy atom. The van der Waals surface area contributed by atoms with E-state index in [0.29, 0.717) is 21.7 Å². The zero-order valence-electron chi connectivity index (χ0n) is 8.28. The normalized spacial score (nSPS) is 10.1. The molecule has 2 aromatic rings. The maximum atomic E-state index is 13.0. The zero-order valence-corrected chi connectivity index (χ0v) is 9.87. The third-order valence-electron chi connectivity index (χ3n) is 2.00. The predicted molar refractivity (Wildman–Crippen MR) is 65.0 cm³/mol. The number of nitrogen functional groups attached to an aromatic ring is 1. The van der Waals surface area contributed by atoms with Crippen LogP contribution in [0, 0.1) is 5.82 Å². The van der Waals surface area contributed by atoms with Crippen LogP contribution >= 0.6 is 15.9 Å². The van der Waals surface area contributed by atoms with E-state index in [1.54, 1.807) is 30.3 Å². The maximum Gasteiger partial charge on any atom is 0.144 e. The number of anilines is 1. The van der Waals surface area contributed by atoms with Crippen LogP contribution in [0.3, 0.4) is 0 Å². The van der Waals surface area contributed by atoms with E-state index in [-0.39, 0.29) is 5.82 Å². The molecule has 0 heterocycles. The zero-order chi connectivity index (χ0) is 11.5. The number of rotatable bonds is 2. The maximum absolute atomic E-state index is 13.0. The molecule has 0 unspecified atom stereocenters. The second kappa shape index (κ2) is 4.53. The van der Waals surface area contributed by atoms with Crippen LogP contribution in [0.25, 0.3) is 0 Å². The molecule has 0 radical (unpaired) electrons. The smallest absolute Gasteiger partial charge is 0.144 e. The van der Waals surface area contributed by atoms with Crippen molar-refractivity contribution in [2.45, 2.75) is 0 Å². The molecular weight excluding hydrogens is 273 g/mol. The van der Waals surface area contributed by atoms with Gasteiger partial charge in [-0.1, -0.05) is 0 Å². The van der Waals surface area contributed by atoms with Gasteiger partial charge in [0.2, 0.25) is 0 Å². The van der Waals surface area contributed by atoms with Crippen LogP contribution in [0.4, 0.5) is 10.1 Å². The monoisotopic (exact) mass is 281 g/mol. The highest BCUT2D eigenvalue weighted by Gasteiger charge is 2.04. The summed E-state index contributed by atoms with van der Waals surface area (Å²) in [5.41, 5.74) is 6.21. The molecule has 0 saturated carbocycles. The summed E-state index contributed by atoms with van der Waals surface area (Å²) in [7, 11) is 0. The molecule has 0 aromatic heterocycles. The minimum absolute atomic E-state index is 0.339. The Morgan fingerprint density at radius 2 is 1.75 bits per heavy atom. The molecular formula is C12H9BrFNO. The molecule has 16 heavy (non-hydrogen) atoms. The van der Waals surface area contributed by atoms with Crippen LogP contribution in [0.1, 0.15) is 0 Å². The number of halogens is 2. The first-order valence-electron chi connectivity index (χ1n) is 4.63. The molecule has 0 aliphatic carbocycles. The van der Waals surface area contributed by atoms with Crippen LogP contribution < -0.4 is 10.5 Å². The molecule has 0 fully saturated rings. The topological polar surface area (TPSA) is 35.2 Å². The number of hydrogen-bond donors (Lipinski definition) is 1. The predicted octanol–water partition coefficient (Wildman–Crippen LogP) is 3.96. The highest BCUT2D eigenvalue weighted by Crippen LogP contribution is 2.30. The van der Waals surface area contributed by atoms with E-state index in [1.165, 1.54) is 12.1 Å². The van der Waals surface area contributed by atoms with Crippen molar-refractivity contribution < 1.29 is 9.13 Å². The summed E-state index contributed by atoms with van der Waals surface area (Å²) in [4.78, 5) is 0. The van der Waals surface area contributed by atoms with Crippen LogP contribution in [-0.2, 0) is 0 Å². The van der Waals surface area contributed by atoms with E-state index >= 15 is 0 Å². The Kier molecular flexibility index (Phi) is 3.10. The molecule has 82 valence electrons. The summed E-state index contributed by atoms with van der Waals surface area (Å²) in [5, 5.41) is 0. The summed E-state index contributed by atoms with van der Waals surface area (Å²) in [6.07, 6.45) is 0. The van der Waals surface area contributed by atoms with Crippen molar-refractivity contribution in [3.63, 3.8) is 0 Å². The van der Waals surface area contributed by atoms with Gasteiger partial charge in [-0.2, -0.15) is 0 Å². The van der Waals surface area contributed by atoms with Gasteiger partial charge in [0.15, 0.2) is 0 Å². The van der Waals surface area contributed by atoms with E-state index in [4.69, 9.17) is 10.5 Å². The van der Waals surface area contributed by atoms with E-state index in [1.807, 2.05) is 0 Å². The summed E-state index contributed by atoms with van der Waals surface area (Å²) in [6.45, 7) is 0. The van der Waals surface area contributed by atoms with Gasteiger partial charge in [-0.25, -0.2) is 4.39 Å². The van der Waals surface area contributed by atoms with Crippen LogP contribution in [0.2, 0.25) is 0 Å². The van der Waals surface area contributed by atoms with Gasteiger partial charge in [0.1, 0.15) is 17.3 Å². The van der Waals surface area contributed by atoms with Crippen molar-refractivity contribution in [3.8, 4) is 11.5 Å². The Bertz CT molecular complexity index is 499. The lowest BCUT2D eigenvalue weighted by Crippen LogP contribution is -1.88. The third-order valence-corrected chi connectivity index (χ3v) is 2.66. The van der Waals surface area contributed by atoms with Gasteiger partial charge in [-0.05, 0) is 52.3 Å². The second-order valence-corrected chi connectivity index (χ2v) is 4.10. The first kappa shape index (κ1) is 11.0. The Morgan fingerprint density at radius 3 is 2.44 bits per heavy atom. The molecule has 2 rings (SSSR count). The highest BCUT2D eigenvalue weighted by atomic mass is 79.9. The molecule has 0 saturated heterocycles. The first-order chi connectivity index (χ1) is 7.65. The lowest BCUT2D eigenvalue weighted by Gasteiger charge is -2.07. The van der Waals surface area contributed by atoms with E-state index < -0.39 is 0 Å². The van der Waals surface area contributed by atoms with Gasteiger partial charge >= 0.3 is 0 Å². The molecule has 0 aliphatic rings. The fourth-order valence-electron chi connectivity index (χ4n) is 1.22. The molecule has 0 aliphatic heterocycles. The number of benzene rings is 2. The average molecular weight is 282 g/mol. The average Bonchev–Trinajstić information content (AvgIpc) is 2.27. The number of nitrogens with two attached hydrogens (primary N) is 1. The van der Waals surface area contributed by atoms with Crippen molar-refractivity contribution in [2.75, 3.05) is 5.73 Å². The first-order valence-corrected chi connectivity index (χ1v) is 5.43. The third kappa shape index (κ3) is 2.52. The van der Waals surface area contributed by atoms with Crippen LogP contribution in [-0.4, -0.2) is 0 Å². The Hall–Kier alpha value is -1.55. The Labute approximate surface area is 101 Å². The summed E-state index contributed by atoms with van der Waals surface area (Å²) in [6, 6.07) is 11.2. The van der Waals surface area contributed by atoms with Gasteiger partial charge in [0.05, 0.1) is 4.47 Å². The summed E-state index contributed by atoms with van der Waals surface area (Å²) >= 11 is 3.29. The van der Waals surface area contributed by atoms with Crippen molar-refractivity contribution in [3.05, 3.63) is 52.8 Å². The van der Waals surface area contributed by atoms with Crippen molar-refractivity contribution >= 4 is 21.6 Å². The summed E-state index contributed by atoms with van der Waals surface area (Å²) in [5.74, 6) is 0.707. The SMILES string of the molecule is Nc1ccc(Oc2cc(F)ccc2Br)cc1. The molecule has 0 bridgehead atoms. The molecule has 0 amide bonds. The van der Waals surface area contributed by atoms with Gasteiger partial charge < -0.3 is 10.5 Å². The molecule has 2 N–H and O–H groups in total. The minimum Gasteiger partial charge on any atom is -0.456 e. The van der Waals surface area contributed by atoms with Crippen LogP contribution in [0.15, 0.2) is 46.9 Å². The van der Waals surface area contributed by atoms with E-state index in [9.17, 15) is 4.39 Å². The summed E-state index contributed by atoms with van der Waals surface area (Å²) < 4.78 is 19.2. The van der Waals surface area contributed by atoms with E-state index in [2.05, 4.69) is 15.9 Å². The van der Waals surface area contributed by atoms with Gasteiger partial charge in [0, 0.05) is 11.8 Å². The fourth-order valence-corrected chi connectivity index (χ4v) is 1.55. The number of ether oxygens (including phenoxy) is 1. The lowest BCUT2D eigenvalue weighted by atomic mass is 10.3. The molecule has 0 atom stereocenters. The van der Waals surface area contributed by atoms with Crippen molar-refractivity contribution in [2.24, 2.45) is 0 Å². The molecule has 0 spiro atoms. The fraction of sp³-hybridized carbons (Fsp3) is 0. The minimum atomic E-state index is -0.339. The quantitative estimate of drug-likeness (QED) is 0.846. The van der Waals surface area contributed by atoms with Gasteiger partial charge in [-0.15, -0.1) is 0 Å². The molecule has 4 heteroatoms. The van der Waals surface area contributed by atoms with Crippen LogP contribution in [0.5, 0.6) is 11.5 Å². The van der Waals surface area contributed by atoms with Crippen molar-refractivity contribution in [1.82, 2.24) is 0 Å². The number of hydrogen-bond acceptors (Lipinski definition) is 2. The van der Waals surface area contributed by atoms with Crippen molar-refractivity contribution in [1.29, 1.82) is 0 Å². The molecule has 2 nitrogen and oxygen atoms in total. The lowest BCUT2D eigenvalue weighted by molar-refractivity contribution is 0.474. The Balaban J connectivity index is 2.26. The van der Waals surface area contributed by atoms with E-state index in [0.717, 1.165) is 0 Å². The molecule has 2 aromatic carbocycles. The second-order valence-electron chi connectivity index (χ2n) is 3.25. The van der Waals surface area contributed by atoms with Gasteiger partial charge in [-0.3, -0.25) is 0 Å². The standard InChI is InChI=1S/C12H9BrFNO/c13-11-6-1-8(14)7-12(11)16-10-4-2-9(15)3-5-10/h1-7H,15H2. The highest BCUT2D eigenvalue weighted by molar-refractivity contribution is 9.10. The largest absolute Gasteiger partial charge is 0.456 e.